The Morgan fingerprint density at radius 3 is 2.47 bits per heavy atom. The SMILES string of the molecule is COc1nc2c(CNC(=O)Cc3ccc(N(C)C)cc3)cc(Cl)cc2cc1C(=O)O. The van der Waals surface area contributed by atoms with Crippen LogP contribution in [0.3, 0.4) is 0 Å². The normalized spacial score (nSPS) is 10.7. The average Bonchev–Trinajstić information content (AvgIpc) is 2.71. The highest BCUT2D eigenvalue weighted by Gasteiger charge is 2.16. The zero-order valence-electron chi connectivity index (χ0n) is 16.9. The van der Waals surface area contributed by atoms with Crippen LogP contribution in [-0.2, 0) is 17.8 Å². The number of hydrogen-bond acceptors (Lipinski definition) is 5. The van der Waals surface area contributed by atoms with Gasteiger partial charge in [0.2, 0.25) is 11.8 Å². The van der Waals surface area contributed by atoms with Crippen LogP contribution in [0.2, 0.25) is 5.02 Å². The minimum absolute atomic E-state index is 0.00545. The van der Waals surface area contributed by atoms with Crippen LogP contribution in [0.25, 0.3) is 10.9 Å². The number of aromatic nitrogens is 1. The summed E-state index contributed by atoms with van der Waals surface area (Å²) in [7, 11) is 5.28. The number of rotatable bonds is 7. The quantitative estimate of drug-likeness (QED) is 0.599. The molecule has 30 heavy (non-hydrogen) atoms. The Balaban J connectivity index is 1.79. The lowest BCUT2D eigenvalue weighted by Crippen LogP contribution is -2.24. The number of nitrogens with one attached hydrogen (secondary N) is 1. The zero-order valence-corrected chi connectivity index (χ0v) is 17.7. The fourth-order valence-electron chi connectivity index (χ4n) is 3.10. The van der Waals surface area contributed by atoms with Crippen molar-refractivity contribution in [3.05, 3.63) is 64.2 Å². The molecule has 0 bridgehead atoms. The van der Waals surface area contributed by atoms with Gasteiger partial charge in [-0.2, -0.15) is 0 Å². The van der Waals surface area contributed by atoms with E-state index in [4.69, 9.17) is 16.3 Å². The van der Waals surface area contributed by atoms with E-state index in [2.05, 4.69) is 10.3 Å². The number of carboxylic acids is 1. The van der Waals surface area contributed by atoms with Crippen molar-refractivity contribution in [3.8, 4) is 5.88 Å². The second-order valence-electron chi connectivity index (χ2n) is 7.00. The van der Waals surface area contributed by atoms with Gasteiger partial charge in [0.05, 0.1) is 19.0 Å². The van der Waals surface area contributed by atoms with Crippen LogP contribution in [0.4, 0.5) is 5.69 Å². The van der Waals surface area contributed by atoms with Crippen LogP contribution in [-0.4, -0.2) is 43.2 Å². The number of carbonyl (C=O) groups is 2. The Bertz CT molecular complexity index is 1100. The molecule has 0 aliphatic carbocycles. The first-order valence-corrected chi connectivity index (χ1v) is 9.59. The molecule has 1 amide bonds. The molecule has 0 fully saturated rings. The van der Waals surface area contributed by atoms with Gasteiger partial charge in [0.25, 0.3) is 0 Å². The van der Waals surface area contributed by atoms with E-state index < -0.39 is 5.97 Å². The Labute approximate surface area is 179 Å². The van der Waals surface area contributed by atoms with Gasteiger partial charge in [0.1, 0.15) is 5.56 Å². The summed E-state index contributed by atoms with van der Waals surface area (Å²) in [6, 6.07) is 12.6. The van der Waals surface area contributed by atoms with Crippen LogP contribution in [0, 0.1) is 0 Å². The van der Waals surface area contributed by atoms with Gasteiger partial charge in [-0.15, -0.1) is 0 Å². The third kappa shape index (κ3) is 4.80. The van der Waals surface area contributed by atoms with E-state index in [0.29, 0.717) is 21.5 Å². The predicted molar refractivity (Wildman–Crippen MR) is 117 cm³/mol. The lowest BCUT2D eigenvalue weighted by molar-refractivity contribution is -0.120. The molecular weight excluding hydrogens is 406 g/mol. The molecule has 0 saturated carbocycles. The van der Waals surface area contributed by atoms with Crippen LogP contribution >= 0.6 is 11.6 Å². The average molecular weight is 428 g/mol. The number of nitrogens with zero attached hydrogens (tertiary/aromatic N) is 2. The predicted octanol–water partition coefficient (Wildman–Crippen LogP) is 3.52. The molecule has 0 unspecified atom stereocenters. The Morgan fingerprint density at radius 1 is 1.17 bits per heavy atom. The van der Waals surface area contributed by atoms with Crippen molar-refractivity contribution < 1.29 is 19.4 Å². The summed E-state index contributed by atoms with van der Waals surface area (Å²) in [6.07, 6.45) is 0.242. The molecule has 1 aromatic heterocycles. The molecule has 1 heterocycles. The topological polar surface area (TPSA) is 91.8 Å². The molecule has 2 N–H and O–H groups in total. The van der Waals surface area contributed by atoms with Crippen LogP contribution < -0.4 is 15.0 Å². The van der Waals surface area contributed by atoms with Gasteiger partial charge >= 0.3 is 5.97 Å². The summed E-state index contributed by atoms with van der Waals surface area (Å²) < 4.78 is 5.12. The number of halogens is 1. The molecule has 8 heteroatoms. The number of hydrogen-bond donors (Lipinski definition) is 2. The molecule has 0 radical (unpaired) electrons. The minimum Gasteiger partial charge on any atom is -0.480 e. The maximum atomic E-state index is 12.4. The summed E-state index contributed by atoms with van der Waals surface area (Å²) in [5.74, 6) is -1.28. The van der Waals surface area contributed by atoms with Crippen LogP contribution in [0.5, 0.6) is 5.88 Å². The summed E-state index contributed by atoms with van der Waals surface area (Å²) in [4.78, 5) is 30.2. The number of aromatic carboxylic acids is 1. The van der Waals surface area contributed by atoms with Crippen LogP contribution in [0.15, 0.2) is 42.5 Å². The molecule has 7 nitrogen and oxygen atoms in total. The number of ether oxygens (including phenoxy) is 1. The van der Waals surface area contributed by atoms with Crippen molar-refractivity contribution in [1.82, 2.24) is 10.3 Å². The maximum Gasteiger partial charge on any atom is 0.341 e. The lowest BCUT2D eigenvalue weighted by Gasteiger charge is -2.13. The molecule has 0 saturated heterocycles. The largest absolute Gasteiger partial charge is 0.480 e. The second kappa shape index (κ2) is 9.00. The summed E-state index contributed by atoms with van der Waals surface area (Å²) in [5.41, 5.74) is 3.11. The summed E-state index contributed by atoms with van der Waals surface area (Å²) in [6.45, 7) is 0.203. The Morgan fingerprint density at radius 2 is 1.87 bits per heavy atom. The number of fused-ring (bicyclic) bond motifs is 1. The third-order valence-electron chi connectivity index (χ3n) is 4.64. The van der Waals surface area contributed by atoms with Gasteiger partial charge in [-0.25, -0.2) is 9.78 Å². The molecule has 0 spiro atoms. The van der Waals surface area contributed by atoms with E-state index in [0.717, 1.165) is 11.3 Å². The number of carboxylic acid groups (broad SMARTS) is 1. The van der Waals surface area contributed by atoms with E-state index in [1.807, 2.05) is 43.3 Å². The van der Waals surface area contributed by atoms with E-state index in [-0.39, 0.29) is 30.3 Å². The number of carbonyl (C=O) groups excluding carboxylic acids is 1. The van der Waals surface area contributed by atoms with Crippen molar-refractivity contribution >= 4 is 40.1 Å². The first kappa shape index (κ1) is 21.4. The Hall–Kier alpha value is -3.32. The highest BCUT2D eigenvalue weighted by molar-refractivity contribution is 6.31. The van der Waals surface area contributed by atoms with Crippen molar-refractivity contribution in [2.75, 3.05) is 26.1 Å². The molecule has 3 aromatic rings. The van der Waals surface area contributed by atoms with E-state index in [1.165, 1.54) is 13.2 Å². The van der Waals surface area contributed by atoms with Gasteiger partial charge in [-0.1, -0.05) is 23.7 Å². The fraction of sp³-hybridized carbons (Fsp3) is 0.227. The van der Waals surface area contributed by atoms with Crippen molar-refractivity contribution in [1.29, 1.82) is 0 Å². The third-order valence-corrected chi connectivity index (χ3v) is 4.86. The van der Waals surface area contributed by atoms with Crippen molar-refractivity contribution in [2.24, 2.45) is 0 Å². The number of anilines is 1. The number of amides is 1. The van der Waals surface area contributed by atoms with Gasteiger partial charge in [-0.05, 0) is 41.5 Å². The minimum atomic E-state index is -1.14. The molecule has 0 atom stereocenters. The first-order chi connectivity index (χ1) is 14.3. The molecule has 3 rings (SSSR count). The molecular formula is C22H22ClN3O4. The lowest BCUT2D eigenvalue weighted by atomic mass is 10.1. The second-order valence-corrected chi connectivity index (χ2v) is 7.44. The van der Waals surface area contributed by atoms with Gasteiger partial charge < -0.3 is 20.1 Å². The molecule has 2 aromatic carbocycles. The monoisotopic (exact) mass is 427 g/mol. The number of benzene rings is 2. The number of pyridine rings is 1. The molecule has 156 valence electrons. The summed E-state index contributed by atoms with van der Waals surface area (Å²) in [5, 5.41) is 13.2. The highest BCUT2D eigenvalue weighted by Crippen LogP contribution is 2.28. The summed E-state index contributed by atoms with van der Waals surface area (Å²) >= 11 is 6.19. The highest BCUT2D eigenvalue weighted by atomic mass is 35.5. The van der Waals surface area contributed by atoms with E-state index in [9.17, 15) is 14.7 Å². The smallest absolute Gasteiger partial charge is 0.341 e. The van der Waals surface area contributed by atoms with Gasteiger partial charge in [0, 0.05) is 36.7 Å². The Kier molecular flexibility index (Phi) is 6.42. The number of methoxy groups -OCH3 is 1. The molecule has 0 aliphatic heterocycles. The molecule has 0 aliphatic rings. The fourth-order valence-corrected chi connectivity index (χ4v) is 3.35. The van der Waals surface area contributed by atoms with Gasteiger partial charge in [-0.3, -0.25) is 4.79 Å². The van der Waals surface area contributed by atoms with Crippen LogP contribution in [0.1, 0.15) is 21.5 Å². The standard InChI is InChI=1S/C22H22ClN3O4/c1-26(2)17-6-4-13(5-7-17)8-19(27)24-12-15-10-16(23)9-14-11-18(22(28)29)21(30-3)25-20(14)15/h4-7,9-11H,8,12H2,1-3H3,(H,24,27)(H,28,29). The zero-order chi connectivity index (χ0) is 21.8. The van der Waals surface area contributed by atoms with E-state index >= 15 is 0 Å². The van der Waals surface area contributed by atoms with Crippen molar-refractivity contribution in [3.63, 3.8) is 0 Å². The van der Waals surface area contributed by atoms with Gasteiger partial charge in [0.15, 0.2) is 0 Å². The van der Waals surface area contributed by atoms with Crippen molar-refractivity contribution in [2.45, 2.75) is 13.0 Å². The van der Waals surface area contributed by atoms with E-state index in [1.54, 1.807) is 12.1 Å². The maximum absolute atomic E-state index is 12.4. The first-order valence-electron chi connectivity index (χ1n) is 9.22.